The molecular weight excluding hydrogens is 347 g/mol. The third-order valence-electron chi connectivity index (χ3n) is 2.99. The van der Waals surface area contributed by atoms with E-state index in [0.717, 1.165) is 4.47 Å². The molecule has 0 radical (unpaired) electrons. The zero-order chi connectivity index (χ0) is 14.7. The first-order chi connectivity index (χ1) is 9.47. The Kier molecular flexibility index (Phi) is 4.78. The van der Waals surface area contributed by atoms with Crippen molar-refractivity contribution in [3.05, 3.63) is 68.9 Å². The molecule has 0 spiro atoms. The Morgan fingerprint density at radius 3 is 2.65 bits per heavy atom. The Morgan fingerprint density at radius 1 is 1.30 bits per heavy atom. The van der Waals surface area contributed by atoms with Crippen molar-refractivity contribution in [3.63, 3.8) is 0 Å². The van der Waals surface area contributed by atoms with E-state index >= 15 is 0 Å². The first-order valence-electron chi connectivity index (χ1n) is 5.89. The molecule has 5 heteroatoms. The van der Waals surface area contributed by atoms with Gasteiger partial charge in [-0.2, -0.15) is 0 Å². The van der Waals surface area contributed by atoms with Crippen molar-refractivity contribution in [1.82, 2.24) is 0 Å². The first-order valence-corrected chi connectivity index (χ1v) is 7.06. The van der Waals surface area contributed by atoms with Crippen LogP contribution in [0.3, 0.4) is 0 Å². The number of carbonyl (C=O) groups is 1. The lowest BCUT2D eigenvalue weighted by molar-refractivity contribution is -0.138. The van der Waals surface area contributed by atoms with Crippen molar-refractivity contribution >= 4 is 33.5 Å². The smallest absolute Gasteiger partial charge is 0.311 e. The Bertz CT molecular complexity index is 646. The van der Waals surface area contributed by atoms with Crippen molar-refractivity contribution in [2.45, 2.75) is 12.3 Å². The largest absolute Gasteiger partial charge is 0.481 e. The van der Waals surface area contributed by atoms with E-state index in [1.807, 2.05) is 6.07 Å². The van der Waals surface area contributed by atoms with Crippen LogP contribution in [0.2, 0.25) is 5.02 Å². The summed E-state index contributed by atoms with van der Waals surface area (Å²) in [5, 5.41) is 9.65. The van der Waals surface area contributed by atoms with Crippen LogP contribution in [0.15, 0.2) is 46.9 Å². The van der Waals surface area contributed by atoms with Gasteiger partial charge in [0.15, 0.2) is 0 Å². The highest BCUT2D eigenvalue weighted by Gasteiger charge is 2.22. The van der Waals surface area contributed by atoms with Gasteiger partial charge >= 0.3 is 5.97 Å². The van der Waals surface area contributed by atoms with E-state index in [9.17, 15) is 14.3 Å². The Morgan fingerprint density at radius 2 is 2.05 bits per heavy atom. The Hall–Kier alpha value is -1.39. The van der Waals surface area contributed by atoms with E-state index < -0.39 is 17.7 Å². The topological polar surface area (TPSA) is 37.3 Å². The van der Waals surface area contributed by atoms with Gasteiger partial charge in [0.1, 0.15) is 5.82 Å². The molecule has 0 saturated carbocycles. The Labute approximate surface area is 129 Å². The van der Waals surface area contributed by atoms with Gasteiger partial charge in [0.05, 0.1) is 5.92 Å². The molecule has 20 heavy (non-hydrogen) atoms. The molecule has 1 unspecified atom stereocenters. The molecule has 0 aliphatic rings. The average Bonchev–Trinajstić information content (AvgIpc) is 2.37. The standard InChI is InChI=1S/C15H11BrClFO2/c16-11-3-1-2-9(6-11)13(15(19)20)7-10-4-5-12(17)8-14(10)18/h1-6,8,13H,7H2,(H,19,20). The summed E-state index contributed by atoms with van der Waals surface area (Å²) in [6, 6.07) is 11.3. The van der Waals surface area contributed by atoms with Crippen LogP contribution in [-0.4, -0.2) is 11.1 Å². The molecule has 0 saturated heterocycles. The fourth-order valence-corrected chi connectivity index (χ4v) is 2.55. The summed E-state index contributed by atoms with van der Waals surface area (Å²) in [5.41, 5.74) is 0.961. The number of hydrogen-bond acceptors (Lipinski definition) is 1. The number of halogens is 3. The molecule has 0 bridgehead atoms. The second kappa shape index (κ2) is 6.37. The number of carboxylic acid groups (broad SMARTS) is 1. The molecule has 0 aromatic heterocycles. The summed E-state index contributed by atoms with van der Waals surface area (Å²) in [6.45, 7) is 0. The number of benzene rings is 2. The van der Waals surface area contributed by atoms with Crippen LogP contribution >= 0.6 is 27.5 Å². The molecule has 2 nitrogen and oxygen atoms in total. The van der Waals surface area contributed by atoms with Crippen molar-refractivity contribution in [2.75, 3.05) is 0 Å². The maximum Gasteiger partial charge on any atom is 0.311 e. The molecule has 0 aliphatic heterocycles. The van der Waals surface area contributed by atoms with Gasteiger partial charge in [0, 0.05) is 9.50 Å². The molecular formula is C15H11BrClFO2. The number of carboxylic acids is 1. The van der Waals surface area contributed by atoms with Crippen molar-refractivity contribution in [1.29, 1.82) is 0 Å². The highest BCUT2D eigenvalue weighted by atomic mass is 79.9. The summed E-state index contributed by atoms with van der Waals surface area (Å²) in [5.74, 6) is -2.28. The normalized spacial score (nSPS) is 12.2. The molecule has 2 rings (SSSR count). The predicted octanol–water partition coefficient (Wildman–Crippen LogP) is 4.65. The van der Waals surface area contributed by atoms with E-state index in [2.05, 4.69) is 15.9 Å². The van der Waals surface area contributed by atoms with Crippen LogP contribution in [0.25, 0.3) is 0 Å². The SMILES string of the molecule is O=C(O)C(Cc1ccc(Cl)cc1F)c1cccc(Br)c1. The van der Waals surface area contributed by atoms with Crippen LogP contribution in [-0.2, 0) is 11.2 Å². The Balaban J connectivity index is 2.33. The quantitative estimate of drug-likeness (QED) is 0.864. The van der Waals surface area contributed by atoms with Gasteiger partial charge in [-0.1, -0.05) is 45.7 Å². The van der Waals surface area contributed by atoms with Gasteiger partial charge in [-0.05, 0) is 41.8 Å². The minimum Gasteiger partial charge on any atom is -0.481 e. The highest BCUT2D eigenvalue weighted by Crippen LogP contribution is 2.26. The zero-order valence-corrected chi connectivity index (χ0v) is 12.7. The van der Waals surface area contributed by atoms with E-state index in [4.69, 9.17) is 11.6 Å². The van der Waals surface area contributed by atoms with Crippen molar-refractivity contribution in [2.24, 2.45) is 0 Å². The molecule has 0 heterocycles. The zero-order valence-electron chi connectivity index (χ0n) is 10.3. The second-order valence-corrected chi connectivity index (χ2v) is 5.74. The van der Waals surface area contributed by atoms with Crippen LogP contribution in [0.5, 0.6) is 0 Å². The van der Waals surface area contributed by atoms with Gasteiger partial charge in [0.25, 0.3) is 0 Å². The fourth-order valence-electron chi connectivity index (χ4n) is 1.98. The lowest BCUT2D eigenvalue weighted by Gasteiger charge is -2.14. The van der Waals surface area contributed by atoms with E-state index in [-0.39, 0.29) is 6.42 Å². The number of hydrogen-bond donors (Lipinski definition) is 1. The van der Waals surface area contributed by atoms with Gasteiger partial charge in [-0.15, -0.1) is 0 Å². The molecule has 0 aliphatic carbocycles. The molecule has 104 valence electrons. The lowest BCUT2D eigenvalue weighted by Crippen LogP contribution is -2.15. The van der Waals surface area contributed by atoms with Crippen molar-refractivity contribution in [3.8, 4) is 0 Å². The third-order valence-corrected chi connectivity index (χ3v) is 3.72. The summed E-state index contributed by atoms with van der Waals surface area (Å²) < 4.78 is 14.6. The summed E-state index contributed by atoms with van der Waals surface area (Å²) in [7, 11) is 0. The predicted molar refractivity (Wildman–Crippen MR) is 79.6 cm³/mol. The maximum atomic E-state index is 13.8. The van der Waals surface area contributed by atoms with E-state index in [0.29, 0.717) is 16.1 Å². The summed E-state index contributed by atoms with van der Waals surface area (Å²) in [4.78, 5) is 11.4. The number of aliphatic carboxylic acids is 1. The van der Waals surface area contributed by atoms with Gasteiger partial charge < -0.3 is 5.11 Å². The molecule has 0 fully saturated rings. The minimum absolute atomic E-state index is 0.0782. The van der Waals surface area contributed by atoms with Gasteiger partial charge in [0.2, 0.25) is 0 Å². The van der Waals surface area contributed by atoms with E-state index in [1.165, 1.54) is 12.1 Å². The van der Waals surface area contributed by atoms with Gasteiger partial charge in [-0.3, -0.25) is 4.79 Å². The van der Waals surface area contributed by atoms with Crippen molar-refractivity contribution < 1.29 is 14.3 Å². The summed E-state index contributed by atoms with van der Waals surface area (Å²) >= 11 is 9.00. The molecule has 2 aromatic carbocycles. The van der Waals surface area contributed by atoms with Crippen LogP contribution < -0.4 is 0 Å². The maximum absolute atomic E-state index is 13.8. The van der Waals surface area contributed by atoms with Crippen LogP contribution in [0, 0.1) is 5.82 Å². The first kappa shape index (κ1) is 15.0. The molecule has 2 aromatic rings. The second-order valence-electron chi connectivity index (χ2n) is 4.39. The molecule has 0 amide bonds. The number of rotatable bonds is 4. The molecule has 1 N–H and O–H groups in total. The monoisotopic (exact) mass is 356 g/mol. The van der Waals surface area contributed by atoms with Crippen LogP contribution in [0.1, 0.15) is 17.0 Å². The molecule has 1 atom stereocenters. The van der Waals surface area contributed by atoms with E-state index in [1.54, 1.807) is 24.3 Å². The highest BCUT2D eigenvalue weighted by molar-refractivity contribution is 9.10. The van der Waals surface area contributed by atoms with Gasteiger partial charge in [-0.25, -0.2) is 4.39 Å². The summed E-state index contributed by atoms with van der Waals surface area (Å²) in [6.07, 6.45) is 0.0782. The third kappa shape index (κ3) is 3.58. The fraction of sp³-hybridized carbons (Fsp3) is 0.133. The minimum atomic E-state index is -0.988. The lowest BCUT2D eigenvalue weighted by atomic mass is 9.92. The average molecular weight is 358 g/mol. The van der Waals surface area contributed by atoms with Crippen LogP contribution in [0.4, 0.5) is 4.39 Å².